The zero-order valence-electron chi connectivity index (χ0n) is 17.1. The average Bonchev–Trinajstić information content (AvgIpc) is 3.07. The van der Waals surface area contributed by atoms with Crippen molar-refractivity contribution >= 4 is 0 Å². The van der Waals surface area contributed by atoms with Gasteiger partial charge in [-0.05, 0) is 107 Å². The van der Waals surface area contributed by atoms with E-state index in [1.807, 2.05) is 18.2 Å². The lowest BCUT2D eigenvalue weighted by atomic mass is 9.43. The average molecular weight is 388 g/mol. The summed E-state index contributed by atoms with van der Waals surface area (Å²) in [5.41, 5.74) is 9.48. The van der Waals surface area contributed by atoms with Gasteiger partial charge in [0.15, 0.2) is 0 Å². The Morgan fingerprint density at radius 3 is 2.13 bits per heavy atom. The van der Waals surface area contributed by atoms with Crippen LogP contribution in [-0.2, 0) is 5.41 Å². The Kier molecular flexibility index (Phi) is 3.30. The van der Waals surface area contributed by atoms with E-state index < -0.39 is 0 Å². The topological polar surface area (TPSA) is 23.8 Å². The summed E-state index contributed by atoms with van der Waals surface area (Å²) >= 11 is 0. The van der Waals surface area contributed by atoms with Crippen LogP contribution in [0.3, 0.4) is 0 Å². The van der Waals surface area contributed by atoms with Gasteiger partial charge in [-0.3, -0.25) is 0 Å². The molecule has 0 unspecified atom stereocenters. The second-order valence-corrected chi connectivity index (χ2v) is 10.2. The van der Waals surface area contributed by atoms with E-state index in [2.05, 4.69) is 54.6 Å². The van der Waals surface area contributed by atoms with Gasteiger partial charge in [-0.2, -0.15) is 5.26 Å². The van der Waals surface area contributed by atoms with Gasteiger partial charge < -0.3 is 0 Å². The Balaban J connectivity index is 1.48. The number of benzene rings is 3. The molecule has 0 saturated heterocycles. The first-order valence-corrected chi connectivity index (χ1v) is 11.5. The van der Waals surface area contributed by atoms with Gasteiger partial charge in [0.25, 0.3) is 0 Å². The fourth-order valence-corrected chi connectivity index (χ4v) is 8.10. The molecule has 0 aliphatic heterocycles. The number of nitrogens with zero attached hydrogens (tertiary/aromatic N) is 1. The van der Waals surface area contributed by atoms with Crippen molar-refractivity contribution in [2.24, 2.45) is 23.7 Å². The molecule has 0 amide bonds. The molecule has 0 N–H and O–H groups in total. The molecule has 0 heterocycles. The summed E-state index contributed by atoms with van der Waals surface area (Å²) in [5.74, 6) is 3.50. The van der Waals surface area contributed by atoms with Gasteiger partial charge in [-0.25, -0.2) is 0 Å². The minimum absolute atomic E-state index is 0.211. The highest BCUT2D eigenvalue weighted by atomic mass is 14.6. The molecule has 0 atom stereocenters. The van der Waals surface area contributed by atoms with Crippen LogP contribution in [0.15, 0.2) is 66.7 Å². The van der Waals surface area contributed by atoms with Crippen LogP contribution in [0.1, 0.15) is 48.8 Å². The zero-order chi connectivity index (χ0) is 19.9. The Hall–Kier alpha value is -2.85. The van der Waals surface area contributed by atoms with Crippen LogP contribution in [0, 0.1) is 35.0 Å². The van der Waals surface area contributed by atoms with Gasteiger partial charge in [0, 0.05) is 5.41 Å². The number of hydrogen-bond acceptors (Lipinski definition) is 1. The highest BCUT2D eigenvalue weighted by Crippen LogP contribution is 2.69. The second kappa shape index (κ2) is 5.86. The van der Waals surface area contributed by atoms with Crippen molar-refractivity contribution in [2.45, 2.75) is 37.5 Å². The summed E-state index contributed by atoms with van der Waals surface area (Å²) < 4.78 is 0. The Bertz CT molecular complexity index is 1200. The lowest BCUT2D eigenvalue weighted by molar-refractivity contribution is -0.0399. The molecule has 146 valence electrons. The number of hydrogen-bond donors (Lipinski definition) is 0. The van der Waals surface area contributed by atoms with Gasteiger partial charge in [-0.15, -0.1) is 0 Å². The fourth-order valence-electron chi connectivity index (χ4n) is 8.10. The van der Waals surface area contributed by atoms with Gasteiger partial charge >= 0.3 is 0 Å². The number of fused-ring (bicyclic) bond motifs is 3. The van der Waals surface area contributed by atoms with Gasteiger partial charge in [0.1, 0.15) is 0 Å². The summed E-state index contributed by atoms with van der Waals surface area (Å²) in [5, 5.41) is 9.37. The molecule has 5 aliphatic carbocycles. The molecule has 5 aliphatic rings. The van der Waals surface area contributed by atoms with Crippen molar-refractivity contribution in [3.8, 4) is 28.3 Å². The molecule has 0 radical (unpaired) electrons. The number of rotatable bonds is 1. The van der Waals surface area contributed by atoms with E-state index >= 15 is 0 Å². The van der Waals surface area contributed by atoms with Crippen LogP contribution < -0.4 is 0 Å². The summed E-state index contributed by atoms with van der Waals surface area (Å²) in [6, 6.07) is 26.8. The highest BCUT2D eigenvalue weighted by Gasteiger charge is 2.61. The molecule has 30 heavy (non-hydrogen) atoms. The van der Waals surface area contributed by atoms with Crippen molar-refractivity contribution in [2.75, 3.05) is 0 Å². The van der Waals surface area contributed by atoms with Crippen LogP contribution in [0.2, 0.25) is 0 Å². The molecule has 1 nitrogen and oxygen atoms in total. The standard InChI is InChI=1S/C29H25N/c30-17-18-4-3-5-21(11-18)22-8-9-26-25-6-1-2-7-27(25)29(28(26)16-22)23-12-19-10-20(14-23)15-24(29)13-19/h1-9,11,16,19-20,23-24H,10,12-15H2. The first-order chi connectivity index (χ1) is 14.8. The molecule has 0 aromatic heterocycles. The maximum absolute atomic E-state index is 9.37. The van der Waals surface area contributed by atoms with Crippen LogP contribution in [0.5, 0.6) is 0 Å². The van der Waals surface area contributed by atoms with Crippen LogP contribution in [0.25, 0.3) is 22.3 Å². The summed E-state index contributed by atoms with van der Waals surface area (Å²) in [6.07, 6.45) is 7.13. The van der Waals surface area contributed by atoms with Gasteiger partial charge in [0.2, 0.25) is 0 Å². The molecular formula is C29H25N. The lowest BCUT2D eigenvalue weighted by Gasteiger charge is -2.61. The first-order valence-electron chi connectivity index (χ1n) is 11.5. The molecule has 8 rings (SSSR count). The van der Waals surface area contributed by atoms with E-state index in [9.17, 15) is 5.26 Å². The SMILES string of the molecule is N#Cc1cccc(-c2ccc3c(c2)C2(c4ccccc4-3)C3CC4CC(C3)CC2C4)c1. The normalized spacial score (nSPS) is 32.1. The van der Waals surface area contributed by atoms with Crippen molar-refractivity contribution in [3.63, 3.8) is 0 Å². The van der Waals surface area contributed by atoms with E-state index in [-0.39, 0.29) is 5.41 Å². The van der Waals surface area contributed by atoms with E-state index in [1.54, 1.807) is 11.1 Å². The van der Waals surface area contributed by atoms with Crippen molar-refractivity contribution in [1.29, 1.82) is 5.26 Å². The highest BCUT2D eigenvalue weighted by molar-refractivity contribution is 5.84. The molecular weight excluding hydrogens is 362 g/mol. The minimum Gasteiger partial charge on any atom is -0.192 e. The molecule has 1 heteroatoms. The van der Waals surface area contributed by atoms with Crippen LogP contribution in [0.4, 0.5) is 0 Å². The maximum Gasteiger partial charge on any atom is 0.0991 e. The van der Waals surface area contributed by atoms with Gasteiger partial charge in [-0.1, -0.05) is 48.5 Å². The molecule has 4 saturated carbocycles. The van der Waals surface area contributed by atoms with E-state index in [1.165, 1.54) is 48.8 Å². The maximum atomic E-state index is 9.37. The predicted octanol–water partition coefficient (Wildman–Crippen LogP) is 6.95. The fraction of sp³-hybridized carbons (Fsp3) is 0.345. The zero-order valence-corrected chi connectivity index (χ0v) is 17.1. The van der Waals surface area contributed by atoms with Gasteiger partial charge in [0.05, 0.1) is 11.6 Å². The second-order valence-electron chi connectivity index (χ2n) is 10.2. The smallest absolute Gasteiger partial charge is 0.0991 e. The van der Waals surface area contributed by atoms with Crippen molar-refractivity contribution < 1.29 is 0 Å². The third kappa shape index (κ3) is 2.02. The third-order valence-corrected chi connectivity index (χ3v) is 8.88. The molecule has 3 aromatic rings. The molecule has 1 spiro atoms. The van der Waals surface area contributed by atoms with Crippen LogP contribution in [-0.4, -0.2) is 0 Å². The first kappa shape index (κ1) is 16.9. The minimum atomic E-state index is 0.211. The Morgan fingerprint density at radius 1 is 0.667 bits per heavy atom. The van der Waals surface area contributed by atoms with Crippen LogP contribution >= 0.6 is 0 Å². The Labute approximate surface area is 178 Å². The summed E-state index contributed by atoms with van der Waals surface area (Å²) in [7, 11) is 0. The summed E-state index contributed by atoms with van der Waals surface area (Å²) in [4.78, 5) is 0. The van der Waals surface area contributed by atoms with E-state index in [0.717, 1.165) is 34.8 Å². The monoisotopic (exact) mass is 387 g/mol. The molecule has 4 bridgehead atoms. The number of nitriles is 1. The van der Waals surface area contributed by atoms with E-state index in [4.69, 9.17) is 0 Å². The van der Waals surface area contributed by atoms with E-state index in [0.29, 0.717) is 0 Å². The largest absolute Gasteiger partial charge is 0.192 e. The summed E-state index contributed by atoms with van der Waals surface area (Å²) in [6.45, 7) is 0. The molecule has 4 fully saturated rings. The van der Waals surface area contributed by atoms with Crippen molar-refractivity contribution in [3.05, 3.63) is 83.4 Å². The lowest BCUT2D eigenvalue weighted by Crippen LogP contribution is -2.55. The molecule has 3 aromatic carbocycles. The van der Waals surface area contributed by atoms with Crippen molar-refractivity contribution in [1.82, 2.24) is 0 Å². The predicted molar refractivity (Wildman–Crippen MR) is 120 cm³/mol. The Morgan fingerprint density at radius 2 is 1.37 bits per heavy atom. The third-order valence-electron chi connectivity index (χ3n) is 8.88. The quantitative estimate of drug-likeness (QED) is 0.443.